The predicted octanol–water partition coefficient (Wildman–Crippen LogP) is 2.50. The number of aryl methyl sites for hydroxylation is 1. The van der Waals surface area contributed by atoms with Gasteiger partial charge in [-0.05, 0) is 37.0 Å². The topological polar surface area (TPSA) is 26.0 Å². The molecule has 1 unspecified atom stereocenters. The maximum absolute atomic E-state index is 12.7. The van der Waals surface area contributed by atoms with Crippen molar-refractivity contribution in [2.45, 2.75) is 32.2 Å². The minimum Gasteiger partial charge on any atom is -0.328 e. The predicted molar refractivity (Wildman–Crippen MR) is 53.0 cm³/mol. The highest BCUT2D eigenvalue weighted by Crippen LogP contribution is 2.07. The summed E-state index contributed by atoms with van der Waals surface area (Å²) < 4.78 is 12.7. The lowest BCUT2D eigenvalue weighted by atomic mass is 10.0. The summed E-state index contributed by atoms with van der Waals surface area (Å²) >= 11 is 0. The van der Waals surface area contributed by atoms with E-state index in [4.69, 9.17) is 5.73 Å². The third kappa shape index (κ3) is 3.55. The van der Waals surface area contributed by atoms with Crippen LogP contribution in [0.2, 0.25) is 0 Å². The van der Waals surface area contributed by atoms with Crippen molar-refractivity contribution < 1.29 is 4.39 Å². The van der Waals surface area contributed by atoms with E-state index in [1.54, 1.807) is 12.1 Å². The Balaban J connectivity index is 2.45. The average molecular weight is 181 g/mol. The lowest BCUT2D eigenvalue weighted by molar-refractivity contribution is 0.590. The second-order valence-electron chi connectivity index (χ2n) is 3.34. The summed E-state index contributed by atoms with van der Waals surface area (Å²) in [6.07, 6.45) is 2.78. The Labute approximate surface area is 78.8 Å². The zero-order valence-corrected chi connectivity index (χ0v) is 7.96. The molecule has 2 heteroatoms. The van der Waals surface area contributed by atoms with Crippen molar-refractivity contribution in [3.8, 4) is 0 Å². The maximum Gasteiger partial charge on any atom is 0.123 e. The summed E-state index contributed by atoms with van der Waals surface area (Å²) in [6.45, 7) is 2.07. The molecule has 0 bridgehead atoms. The largest absolute Gasteiger partial charge is 0.328 e. The van der Waals surface area contributed by atoms with Crippen LogP contribution in [-0.2, 0) is 6.42 Å². The summed E-state index contributed by atoms with van der Waals surface area (Å²) in [7, 11) is 0. The van der Waals surface area contributed by atoms with Gasteiger partial charge in [-0.25, -0.2) is 4.39 Å². The summed E-state index contributed by atoms with van der Waals surface area (Å²) in [4.78, 5) is 0. The van der Waals surface area contributed by atoms with Gasteiger partial charge in [-0.15, -0.1) is 0 Å². The van der Waals surface area contributed by atoms with Crippen LogP contribution < -0.4 is 5.73 Å². The molecule has 0 saturated carbocycles. The molecule has 1 aromatic rings. The molecule has 0 amide bonds. The van der Waals surface area contributed by atoms with E-state index in [9.17, 15) is 4.39 Å². The van der Waals surface area contributed by atoms with Crippen LogP contribution >= 0.6 is 0 Å². The SMILES string of the molecule is CCC(N)CCc1cccc(F)c1. The van der Waals surface area contributed by atoms with Gasteiger partial charge in [0.25, 0.3) is 0 Å². The first-order valence-electron chi connectivity index (χ1n) is 4.72. The molecule has 0 aliphatic carbocycles. The molecular formula is C11H16FN. The van der Waals surface area contributed by atoms with Crippen molar-refractivity contribution in [3.63, 3.8) is 0 Å². The molecule has 0 aliphatic rings. The molecule has 0 heterocycles. The highest BCUT2D eigenvalue weighted by Gasteiger charge is 2.00. The Morgan fingerprint density at radius 1 is 1.46 bits per heavy atom. The number of halogens is 1. The third-order valence-corrected chi connectivity index (χ3v) is 2.22. The fraction of sp³-hybridized carbons (Fsp3) is 0.455. The van der Waals surface area contributed by atoms with E-state index in [1.165, 1.54) is 6.07 Å². The molecule has 0 fully saturated rings. The highest BCUT2D eigenvalue weighted by molar-refractivity contribution is 5.16. The lowest BCUT2D eigenvalue weighted by Crippen LogP contribution is -2.19. The zero-order valence-electron chi connectivity index (χ0n) is 7.96. The van der Waals surface area contributed by atoms with E-state index in [0.29, 0.717) is 0 Å². The second-order valence-corrected chi connectivity index (χ2v) is 3.34. The third-order valence-electron chi connectivity index (χ3n) is 2.22. The van der Waals surface area contributed by atoms with Crippen molar-refractivity contribution in [2.24, 2.45) is 5.73 Å². The van der Waals surface area contributed by atoms with Crippen LogP contribution in [0.15, 0.2) is 24.3 Å². The Bertz CT molecular complexity index is 260. The molecule has 2 N–H and O–H groups in total. The molecule has 1 atom stereocenters. The Kier molecular flexibility index (Phi) is 3.90. The standard InChI is InChI=1S/C11H16FN/c1-2-11(13)7-6-9-4-3-5-10(12)8-9/h3-5,8,11H,2,6-7,13H2,1H3. The maximum atomic E-state index is 12.7. The normalized spacial score (nSPS) is 12.8. The molecular weight excluding hydrogens is 165 g/mol. The number of nitrogens with two attached hydrogens (primary N) is 1. The second kappa shape index (κ2) is 4.97. The van der Waals surface area contributed by atoms with Crippen LogP contribution in [0.1, 0.15) is 25.3 Å². The minimum atomic E-state index is -0.164. The molecule has 1 rings (SSSR count). The van der Waals surface area contributed by atoms with Crippen LogP contribution in [0.25, 0.3) is 0 Å². The van der Waals surface area contributed by atoms with Gasteiger partial charge in [-0.3, -0.25) is 0 Å². The number of hydrogen-bond donors (Lipinski definition) is 1. The monoisotopic (exact) mass is 181 g/mol. The highest BCUT2D eigenvalue weighted by atomic mass is 19.1. The molecule has 1 aromatic carbocycles. The van der Waals surface area contributed by atoms with E-state index in [-0.39, 0.29) is 11.9 Å². The lowest BCUT2D eigenvalue weighted by Gasteiger charge is -2.07. The van der Waals surface area contributed by atoms with Gasteiger partial charge < -0.3 is 5.73 Å². The van der Waals surface area contributed by atoms with Crippen molar-refractivity contribution in [1.82, 2.24) is 0 Å². The van der Waals surface area contributed by atoms with Gasteiger partial charge in [-0.1, -0.05) is 19.1 Å². The summed E-state index contributed by atoms with van der Waals surface area (Å²) in [5.74, 6) is -0.164. The fourth-order valence-corrected chi connectivity index (χ4v) is 1.25. The van der Waals surface area contributed by atoms with Crippen molar-refractivity contribution in [1.29, 1.82) is 0 Å². The average Bonchev–Trinajstić information content (AvgIpc) is 2.14. The molecule has 13 heavy (non-hydrogen) atoms. The molecule has 72 valence electrons. The van der Waals surface area contributed by atoms with E-state index in [0.717, 1.165) is 24.8 Å². The zero-order chi connectivity index (χ0) is 9.68. The minimum absolute atomic E-state index is 0.164. The van der Waals surface area contributed by atoms with Gasteiger partial charge in [-0.2, -0.15) is 0 Å². The molecule has 1 nitrogen and oxygen atoms in total. The molecule has 0 spiro atoms. The van der Waals surface area contributed by atoms with E-state index in [2.05, 4.69) is 6.92 Å². The quantitative estimate of drug-likeness (QED) is 0.758. The smallest absolute Gasteiger partial charge is 0.123 e. The van der Waals surface area contributed by atoms with E-state index < -0.39 is 0 Å². The van der Waals surface area contributed by atoms with Crippen LogP contribution in [-0.4, -0.2) is 6.04 Å². The first-order valence-corrected chi connectivity index (χ1v) is 4.72. The fourth-order valence-electron chi connectivity index (χ4n) is 1.25. The Morgan fingerprint density at radius 2 is 2.23 bits per heavy atom. The van der Waals surface area contributed by atoms with Crippen LogP contribution in [0.5, 0.6) is 0 Å². The van der Waals surface area contributed by atoms with Crippen LogP contribution in [0.4, 0.5) is 4.39 Å². The molecule has 0 aliphatic heterocycles. The van der Waals surface area contributed by atoms with Crippen LogP contribution in [0, 0.1) is 5.82 Å². The van der Waals surface area contributed by atoms with E-state index in [1.807, 2.05) is 6.07 Å². The summed E-state index contributed by atoms with van der Waals surface area (Å²) in [5, 5.41) is 0. The van der Waals surface area contributed by atoms with Gasteiger partial charge in [0.05, 0.1) is 0 Å². The van der Waals surface area contributed by atoms with Gasteiger partial charge in [0.1, 0.15) is 5.82 Å². The van der Waals surface area contributed by atoms with Gasteiger partial charge in [0.15, 0.2) is 0 Å². The van der Waals surface area contributed by atoms with Crippen molar-refractivity contribution >= 4 is 0 Å². The summed E-state index contributed by atoms with van der Waals surface area (Å²) in [5.41, 5.74) is 6.80. The molecule has 0 saturated heterocycles. The first-order chi connectivity index (χ1) is 6.22. The van der Waals surface area contributed by atoms with Crippen molar-refractivity contribution in [2.75, 3.05) is 0 Å². The number of hydrogen-bond acceptors (Lipinski definition) is 1. The first kappa shape index (κ1) is 10.2. The van der Waals surface area contributed by atoms with Gasteiger partial charge in [0.2, 0.25) is 0 Å². The Hall–Kier alpha value is -0.890. The van der Waals surface area contributed by atoms with Gasteiger partial charge in [0, 0.05) is 6.04 Å². The summed E-state index contributed by atoms with van der Waals surface area (Å²) in [6, 6.07) is 6.95. The van der Waals surface area contributed by atoms with Crippen LogP contribution in [0.3, 0.4) is 0 Å². The Morgan fingerprint density at radius 3 is 2.85 bits per heavy atom. The van der Waals surface area contributed by atoms with E-state index >= 15 is 0 Å². The molecule has 0 radical (unpaired) electrons. The number of benzene rings is 1. The van der Waals surface area contributed by atoms with Gasteiger partial charge >= 0.3 is 0 Å². The molecule has 0 aromatic heterocycles. The number of rotatable bonds is 4. The van der Waals surface area contributed by atoms with Crippen molar-refractivity contribution in [3.05, 3.63) is 35.6 Å².